The number of hydrogen-bond donors (Lipinski definition) is 3. The number of aromatic nitrogens is 3. The van der Waals surface area contributed by atoms with Crippen molar-refractivity contribution in [3.8, 4) is 5.75 Å². The van der Waals surface area contributed by atoms with Gasteiger partial charge in [0.1, 0.15) is 0 Å². The summed E-state index contributed by atoms with van der Waals surface area (Å²) in [4.78, 5) is 13.8. The fourth-order valence-corrected chi connectivity index (χ4v) is 1.38. The van der Waals surface area contributed by atoms with Gasteiger partial charge < -0.3 is 5.11 Å². The minimum Gasteiger partial charge on any atom is -0.872 e. The van der Waals surface area contributed by atoms with Gasteiger partial charge in [0, 0.05) is 12.1 Å². The Labute approximate surface area is 111 Å². The number of hydrogen-bond acceptors (Lipinski definition) is 7. The van der Waals surface area contributed by atoms with E-state index in [9.17, 15) is 15.2 Å². The van der Waals surface area contributed by atoms with Gasteiger partial charge in [0.05, 0.1) is 11.1 Å². The Morgan fingerprint density at radius 2 is 2.26 bits per heavy atom. The van der Waals surface area contributed by atoms with Gasteiger partial charge in [0.25, 0.3) is 5.69 Å². The number of aromatic amines is 2. The van der Waals surface area contributed by atoms with E-state index in [4.69, 9.17) is 12.2 Å². The van der Waals surface area contributed by atoms with Crippen LogP contribution in [0.1, 0.15) is 5.56 Å². The van der Waals surface area contributed by atoms with Gasteiger partial charge in [-0.25, -0.2) is 5.43 Å². The zero-order valence-electron chi connectivity index (χ0n) is 9.28. The molecule has 3 N–H and O–H groups in total. The summed E-state index contributed by atoms with van der Waals surface area (Å²) in [6.07, 6.45) is 1.17. The molecule has 0 aliphatic carbocycles. The van der Waals surface area contributed by atoms with Crippen LogP contribution in [0.2, 0.25) is 0 Å². The number of benzene rings is 1. The molecule has 1 aromatic carbocycles. The number of anilines is 1. The molecule has 0 aliphatic heterocycles. The van der Waals surface area contributed by atoms with E-state index >= 15 is 0 Å². The number of hydrazone groups is 1. The fraction of sp³-hybridized carbons (Fsp3) is 0. The third-order valence-electron chi connectivity index (χ3n) is 2.08. The Morgan fingerprint density at radius 1 is 1.47 bits per heavy atom. The third-order valence-corrected chi connectivity index (χ3v) is 2.27. The van der Waals surface area contributed by atoms with Gasteiger partial charge in [0.2, 0.25) is 10.7 Å². The highest BCUT2D eigenvalue weighted by Crippen LogP contribution is 2.19. The quantitative estimate of drug-likeness (QED) is 0.329. The van der Waals surface area contributed by atoms with Crippen LogP contribution in [-0.4, -0.2) is 26.3 Å². The predicted octanol–water partition coefficient (Wildman–Crippen LogP) is 0.895. The third kappa shape index (κ3) is 3.13. The number of nitrogens with zero attached hydrogens (tertiary/aromatic N) is 3. The molecule has 0 aliphatic rings. The molecule has 0 fully saturated rings. The van der Waals surface area contributed by atoms with E-state index in [-0.39, 0.29) is 27.7 Å². The average molecular weight is 279 g/mol. The van der Waals surface area contributed by atoms with Crippen LogP contribution in [0.25, 0.3) is 0 Å². The first-order chi connectivity index (χ1) is 9.06. The first-order valence-corrected chi connectivity index (χ1v) is 5.36. The SMILES string of the molecule is O=[N+]([O-])c1ccc([O-])c(/C=N\Nc2nc(=S)[nH][nH]2)c1. The van der Waals surface area contributed by atoms with Crippen molar-refractivity contribution in [2.75, 3.05) is 5.43 Å². The Kier molecular flexibility index (Phi) is 3.52. The molecule has 1 heterocycles. The van der Waals surface area contributed by atoms with E-state index in [0.29, 0.717) is 0 Å². The van der Waals surface area contributed by atoms with Gasteiger partial charge in [-0.15, -0.1) is 0 Å². The molecule has 0 unspecified atom stereocenters. The molecule has 0 saturated heterocycles. The minimum atomic E-state index is -0.588. The number of H-pyrrole nitrogens is 2. The number of nitro benzene ring substituents is 1. The predicted molar refractivity (Wildman–Crippen MR) is 67.5 cm³/mol. The van der Waals surface area contributed by atoms with Crippen LogP contribution < -0.4 is 10.5 Å². The standard InChI is InChI=1S/C9H8N6O3S/c16-7-2-1-6(15(17)18)3-5(7)4-10-12-8-11-9(19)14-13-8/h1-4,16H,(H3,11,12,13,14,19)/p-1/b10-4-. The van der Waals surface area contributed by atoms with Crippen molar-refractivity contribution in [1.29, 1.82) is 0 Å². The highest BCUT2D eigenvalue weighted by Gasteiger charge is 2.05. The summed E-state index contributed by atoms with van der Waals surface area (Å²) < 4.78 is 0.248. The van der Waals surface area contributed by atoms with Gasteiger partial charge in [-0.05, 0) is 17.8 Å². The molecular weight excluding hydrogens is 272 g/mol. The van der Waals surface area contributed by atoms with Crippen LogP contribution in [0.5, 0.6) is 5.75 Å². The summed E-state index contributed by atoms with van der Waals surface area (Å²) in [5.41, 5.74) is 2.40. The lowest BCUT2D eigenvalue weighted by Crippen LogP contribution is -1.99. The Balaban J connectivity index is 2.16. The van der Waals surface area contributed by atoms with Crippen LogP contribution in [0.4, 0.5) is 11.6 Å². The Morgan fingerprint density at radius 3 is 2.89 bits per heavy atom. The molecule has 0 saturated carbocycles. The van der Waals surface area contributed by atoms with Crippen molar-refractivity contribution < 1.29 is 10.0 Å². The molecule has 1 aromatic heterocycles. The maximum Gasteiger partial charge on any atom is 0.270 e. The largest absolute Gasteiger partial charge is 0.872 e. The number of nitro groups is 1. The maximum atomic E-state index is 11.5. The second-order valence-corrected chi connectivity index (χ2v) is 3.75. The van der Waals surface area contributed by atoms with Gasteiger partial charge in [0.15, 0.2) is 0 Å². The van der Waals surface area contributed by atoms with Crippen molar-refractivity contribution in [3.05, 3.63) is 38.6 Å². The minimum absolute atomic E-state index is 0.0934. The zero-order chi connectivity index (χ0) is 13.8. The van der Waals surface area contributed by atoms with E-state index in [2.05, 4.69) is 25.7 Å². The smallest absolute Gasteiger partial charge is 0.270 e. The monoisotopic (exact) mass is 279 g/mol. The van der Waals surface area contributed by atoms with Crippen molar-refractivity contribution in [1.82, 2.24) is 15.2 Å². The second kappa shape index (κ2) is 5.27. The molecule has 9 nitrogen and oxygen atoms in total. The molecule has 2 rings (SSSR count). The van der Waals surface area contributed by atoms with Crippen LogP contribution in [0.3, 0.4) is 0 Å². The number of rotatable bonds is 4. The normalized spacial score (nSPS) is 10.7. The lowest BCUT2D eigenvalue weighted by atomic mass is 10.2. The van der Waals surface area contributed by atoms with Gasteiger partial charge in [-0.1, -0.05) is 11.8 Å². The number of nitrogens with one attached hydrogen (secondary N) is 3. The lowest BCUT2D eigenvalue weighted by molar-refractivity contribution is -0.385. The van der Waals surface area contributed by atoms with E-state index in [1.165, 1.54) is 6.21 Å². The first-order valence-electron chi connectivity index (χ1n) is 4.95. The van der Waals surface area contributed by atoms with E-state index in [1.807, 2.05) is 0 Å². The van der Waals surface area contributed by atoms with Gasteiger partial charge in [-0.2, -0.15) is 10.1 Å². The molecule has 98 valence electrons. The van der Waals surface area contributed by atoms with Crippen molar-refractivity contribution in [2.24, 2.45) is 5.10 Å². The molecule has 0 atom stereocenters. The zero-order valence-corrected chi connectivity index (χ0v) is 10.1. The fourth-order valence-electron chi connectivity index (χ4n) is 1.24. The van der Waals surface area contributed by atoms with Gasteiger partial charge in [-0.3, -0.25) is 20.3 Å². The molecule has 0 bridgehead atoms. The summed E-state index contributed by atoms with van der Waals surface area (Å²) in [7, 11) is 0. The molecule has 10 heteroatoms. The second-order valence-electron chi connectivity index (χ2n) is 3.36. The molecule has 19 heavy (non-hydrogen) atoms. The van der Waals surface area contributed by atoms with Crippen LogP contribution in [0, 0.1) is 14.9 Å². The summed E-state index contributed by atoms with van der Waals surface area (Å²) >= 11 is 4.73. The van der Waals surface area contributed by atoms with Crippen molar-refractivity contribution in [3.63, 3.8) is 0 Å². The Hall–Kier alpha value is -2.75. The molecule has 0 spiro atoms. The Bertz CT molecular complexity index is 691. The van der Waals surface area contributed by atoms with Crippen LogP contribution in [-0.2, 0) is 0 Å². The molecular formula is C9H7N6O3S-. The summed E-state index contributed by atoms with van der Waals surface area (Å²) in [5.74, 6) is -0.106. The lowest BCUT2D eigenvalue weighted by Gasteiger charge is -2.08. The molecule has 2 aromatic rings. The van der Waals surface area contributed by atoms with E-state index in [0.717, 1.165) is 18.2 Å². The molecule has 0 amide bonds. The summed E-state index contributed by atoms with van der Waals surface area (Å²) in [6.45, 7) is 0. The van der Waals surface area contributed by atoms with E-state index < -0.39 is 4.92 Å². The van der Waals surface area contributed by atoms with Crippen LogP contribution in [0.15, 0.2) is 23.3 Å². The maximum absolute atomic E-state index is 11.5. The van der Waals surface area contributed by atoms with Crippen LogP contribution >= 0.6 is 12.2 Å². The molecule has 0 radical (unpaired) electrons. The summed E-state index contributed by atoms with van der Waals surface area (Å²) in [5, 5.41) is 30.9. The topological polar surface area (TPSA) is 135 Å². The highest BCUT2D eigenvalue weighted by molar-refractivity contribution is 7.71. The number of non-ortho nitro benzene ring substituents is 1. The van der Waals surface area contributed by atoms with Crippen molar-refractivity contribution >= 4 is 30.1 Å². The highest BCUT2D eigenvalue weighted by atomic mass is 32.1. The first kappa shape index (κ1) is 12.7. The summed E-state index contributed by atoms with van der Waals surface area (Å²) in [6, 6.07) is 3.39. The van der Waals surface area contributed by atoms with Crippen molar-refractivity contribution in [2.45, 2.75) is 0 Å². The average Bonchev–Trinajstić information content (AvgIpc) is 2.77. The van der Waals surface area contributed by atoms with E-state index in [1.54, 1.807) is 0 Å². The van der Waals surface area contributed by atoms with Gasteiger partial charge >= 0.3 is 0 Å².